The van der Waals surface area contributed by atoms with Gasteiger partial charge in [0, 0.05) is 31.8 Å². The number of aliphatic hydroxyl groups is 1. The van der Waals surface area contributed by atoms with Gasteiger partial charge in [-0.3, -0.25) is 43.3 Å². The summed E-state index contributed by atoms with van der Waals surface area (Å²) >= 11 is 0. The lowest BCUT2D eigenvalue weighted by atomic mass is 10.0. The van der Waals surface area contributed by atoms with Crippen LogP contribution in [0.3, 0.4) is 0 Å². The average Bonchev–Trinajstić information content (AvgIpc) is 3.68. The minimum atomic E-state index is -1.44. The maximum atomic E-state index is 13.6. The zero-order valence-electron chi connectivity index (χ0n) is 36.2. The number of aliphatic imine (C=N–C) groups is 1. The Morgan fingerprint density at radius 2 is 1.21 bits per heavy atom. The van der Waals surface area contributed by atoms with Crippen molar-refractivity contribution in [2.75, 3.05) is 19.7 Å². The van der Waals surface area contributed by atoms with Crippen molar-refractivity contribution >= 4 is 59.2 Å². The molecule has 0 saturated heterocycles. The van der Waals surface area contributed by atoms with Crippen molar-refractivity contribution in [1.82, 2.24) is 47.2 Å². The number of hydrogen-bond acceptors (Lipinski definition) is 13. The molecule has 0 aliphatic carbocycles. The topological polar surface area (TPSA) is 418 Å². The Morgan fingerprint density at radius 1 is 0.710 bits per heavy atom. The van der Waals surface area contributed by atoms with Crippen LogP contribution in [0.5, 0.6) is 0 Å². The number of carbonyl (C=O) groups excluding carboxylic acids is 7. The van der Waals surface area contributed by atoms with E-state index in [1.54, 1.807) is 27.7 Å². The van der Waals surface area contributed by atoms with E-state index in [4.69, 9.17) is 27.1 Å². The highest BCUT2D eigenvalue weighted by molar-refractivity contribution is 5.96. The number of H-pyrrole nitrogens is 1. The van der Waals surface area contributed by atoms with Crippen molar-refractivity contribution in [3.8, 4) is 0 Å². The van der Waals surface area contributed by atoms with Crippen LogP contribution in [0.2, 0.25) is 0 Å². The summed E-state index contributed by atoms with van der Waals surface area (Å²) in [4.78, 5) is 122. The molecular formula is C37H65N13O12. The van der Waals surface area contributed by atoms with Gasteiger partial charge >= 0.3 is 5.97 Å². The minimum absolute atomic E-state index is 0.0152. The lowest BCUT2D eigenvalue weighted by Gasteiger charge is -2.26. The van der Waals surface area contributed by atoms with E-state index in [1.165, 1.54) is 26.4 Å². The van der Waals surface area contributed by atoms with Crippen LogP contribution < -0.4 is 54.4 Å². The number of amides is 7. The largest absolute Gasteiger partial charge is 0.481 e. The fourth-order valence-electron chi connectivity index (χ4n) is 5.25. The molecule has 25 heteroatoms. The van der Waals surface area contributed by atoms with Crippen molar-refractivity contribution in [3.63, 3.8) is 0 Å². The van der Waals surface area contributed by atoms with Gasteiger partial charge in [0.25, 0.3) is 5.97 Å². The summed E-state index contributed by atoms with van der Waals surface area (Å²) in [5, 5.41) is 43.9. The normalized spacial score (nSPS) is 14.1. The first-order valence-electron chi connectivity index (χ1n) is 19.8. The number of hydrogen-bond donors (Lipinski definition) is 14. The van der Waals surface area contributed by atoms with Crippen LogP contribution in [0.4, 0.5) is 0 Å². The summed E-state index contributed by atoms with van der Waals surface area (Å²) in [5.41, 5.74) is 16.5. The first-order chi connectivity index (χ1) is 28.9. The fourth-order valence-corrected chi connectivity index (χ4v) is 5.25. The summed E-state index contributed by atoms with van der Waals surface area (Å²) in [6.45, 7) is 9.75. The van der Waals surface area contributed by atoms with Gasteiger partial charge < -0.3 is 74.7 Å². The summed E-state index contributed by atoms with van der Waals surface area (Å²) in [6.07, 6.45) is 3.19. The van der Waals surface area contributed by atoms with Gasteiger partial charge in [0.2, 0.25) is 41.4 Å². The van der Waals surface area contributed by atoms with Gasteiger partial charge in [-0.2, -0.15) is 0 Å². The van der Waals surface area contributed by atoms with E-state index in [9.17, 15) is 48.6 Å². The molecule has 0 unspecified atom stereocenters. The molecule has 17 N–H and O–H groups in total. The number of carbonyl (C=O) groups is 9. The second-order valence-corrected chi connectivity index (χ2v) is 15.1. The molecular weight excluding hydrogens is 818 g/mol. The molecule has 0 aliphatic heterocycles. The number of nitrogens with zero attached hydrogens (tertiary/aromatic N) is 2. The molecule has 1 heterocycles. The molecule has 350 valence electrons. The number of carboxylic acids is 2. The maximum absolute atomic E-state index is 13.6. The molecule has 1 rings (SSSR count). The predicted molar refractivity (Wildman–Crippen MR) is 223 cm³/mol. The van der Waals surface area contributed by atoms with Crippen LogP contribution in [0.1, 0.15) is 79.8 Å². The van der Waals surface area contributed by atoms with Gasteiger partial charge in [0.1, 0.15) is 36.3 Å². The molecule has 0 bridgehead atoms. The van der Waals surface area contributed by atoms with E-state index < -0.39 is 109 Å². The van der Waals surface area contributed by atoms with Crippen molar-refractivity contribution in [2.24, 2.45) is 34.0 Å². The van der Waals surface area contributed by atoms with Crippen molar-refractivity contribution in [3.05, 3.63) is 18.2 Å². The van der Waals surface area contributed by atoms with Crippen molar-refractivity contribution in [2.45, 2.75) is 123 Å². The number of aliphatic hydroxyl groups excluding tert-OH is 1. The Labute approximate surface area is 359 Å². The molecule has 0 spiro atoms. The number of carboxylic acid groups (broad SMARTS) is 2. The van der Waals surface area contributed by atoms with E-state index in [2.05, 4.69) is 52.2 Å². The molecule has 0 aliphatic rings. The summed E-state index contributed by atoms with van der Waals surface area (Å²) < 4.78 is 0. The summed E-state index contributed by atoms with van der Waals surface area (Å²) in [6, 6.07) is -8.54. The Bertz CT molecular complexity index is 1660. The van der Waals surface area contributed by atoms with Crippen LogP contribution in [-0.2, 0) is 49.6 Å². The molecule has 0 radical (unpaired) electrons. The highest BCUT2D eigenvalue weighted by atomic mass is 16.4. The molecule has 1 aromatic rings. The van der Waals surface area contributed by atoms with E-state index in [1.807, 2.05) is 0 Å². The Hall–Kier alpha value is -6.37. The van der Waals surface area contributed by atoms with Crippen LogP contribution >= 0.6 is 0 Å². The third-order valence-electron chi connectivity index (χ3n) is 8.27. The Balaban J connectivity index is 0.00000888. The number of nitrogens with one attached hydrogen (secondary N) is 8. The van der Waals surface area contributed by atoms with Gasteiger partial charge in [-0.05, 0) is 51.4 Å². The molecule has 7 atom stereocenters. The quantitative estimate of drug-likeness (QED) is 0.0238. The Kier molecular flexibility index (Phi) is 26.0. The number of rotatable bonds is 26. The van der Waals surface area contributed by atoms with Gasteiger partial charge in [0.05, 0.1) is 25.5 Å². The fraction of sp³-hybridized carbons (Fsp3) is 0.649. The number of aromatic nitrogens is 2. The smallest absolute Gasteiger partial charge is 0.326 e. The zero-order valence-corrected chi connectivity index (χ0v) is 36.2. The van der Waals surface area contributed by atoms with E-state index in [-0.39, 0.29) is 56.4 Å². The second kappa shape index (κ2) is 29.0. The van der Waals surface area contributed by atoms with Crippen LogP contribution in [0.25, 0.3) is 0 Å². The van der Waals surface area contributed by atoms with E-state index in [0.29, 0.717) is 5.69 Å². The van der Waals surface area contributed by atoms with Crippen LogP contribution in [0, 0.1) is 11.8 Å². The number of nitrogens with two attached hydrogens (primary N) is 3. The number of imidazole rings is 1. The molecule has 7 amide bonds. The van der Waals surface area contributed by atoms with Crippen LogP contribution in [0.15, 0.2) is 17.5 Å². The zero-order chi connectivity index (χ0) is 47.7. The number of aliphatic carboxylic acids is 2. The highest BCUT2D eigenvalue weighted by Crippen LogP contribution is 2.09. The lowest BCUT2D eigenvalue weighted by Crippen LogP contribution is -2.59. The van der Waals surface area contributed by atoms with Crippen molar-refractivity contribution < 1.29 is 58.5 Å². The molecule has 25 nitrogen and oxygen atoms in total. The van der Waals surface area contributed by atoms with Gasteiger partial charge in [-0.1, -0.05) is 27.7 Å². The van der Waals surface area contributed by atoms with Gasteiger partial charge in [-0.25, -0.2) is 9.78 Å². The summed E-state index contributed by atoms with van der Waals surface area (Å²) in [5.74, 6) is -7.95. The Morgan fingerprint density at radius 3 is 1.69 bits per heavy atom. The second-order valence-electron chi connectivity index (χ2n) is 15.1. The number of guanidine groups is 1. The van der Waals surface area contributed by atoms with Gasteiger partial charge in [-0.15, -0.1) is 0 Å². The molecule has 0 fully saturated rings. The average molecular weight is 884 g/mol. The van der Waals surface area contributed by atoms with Crippen molar-refractivity contribution in [1.29, 1.82) is 0 Å². The third-order valence-corrected chi connectivity index (χ3v) is 8.27. The molecule has 1 aromatic heterocycles. The maximum Gasteiger partial charge on any atom is 0.326 e. The number of aromatic amines is 1. The lowest BCUT2D eigenvalue weighted by molar-refractivity contribution is -0.142. The third kappa shape index (κ3) is 24.0. The SMILES string of the molecule is CC(=O)O.CC(C)C[C@H](NC(=O)CNC(=O)[C@H](CC(C)C)NC(=O)[C@H](Cc1cnc[nH]1)NC(=O)[C@H](CO)NC(=O)[C@H](C)N)C(=O)N[C@@H](C)C(=O)N[C@@H](CCCN=C(N)N)C(=O)O. The summed E-state index contributed by atoms with van der Waals surface area (Å²) in [7, 11) is 0. The molecule has 62 heavy (non-hydrogen) atoms. The van der Waals surface area contributed by atoms with Gasteiger partial charge in [0.15, 0.2) is 5.96 Å². The van der Waals surface area contributed by atoms with E-state index >= 15 is 0 Å². The molecule has 0 saturated carbocycles. The standard InChI is InChI=1S/C35H61N13O10.C2H4O2/c1-17(2)10-23(46-32(55)25(12-21-13-39-16-42-21)47-33(56)26(15-49)48-28(51)19(5)36)30(53)41-14-27(50)44-24(11-18(3)4)31(54)43-20(6)29(52)45-22(34(57)58)8-7-9-40-35(37)38;1-2(3)4/h13,16-20,22-26,49H,7-12,14-15,36H2,1-6H3,(H,39,42)(H,41,53)(H,43,54)(H,44,50)(H,45,52)(H,46,55)(H,47,56)(H,48,51)(H,57,58)(H4,37,38,40);1H3,(H,3,4)/t19-,20-,22-,23-,24-,25-,26-;/m0./s1. The highest BCUT2D eigenvalue weighted by Gasteiger charge is 2.32. The minimum Gasteiger partial charge on any atom is -0.481 e. The molecule has 0 aromatic carbocycles. The van der Waals surface area contributed by atoms with E-state index in [0.717, 1.165) is 6.92 Å². The monoisotopic (exact) mass is 883 g/mol. The predicted octanol–water partition coefficient (Wildman–Crippen LogP) is -4.34. The first kappa shape index (κ1) is 55.6. The van der Waals surface area contributed by atoms with Crippen LogP contribution in [-0.4, -0.2) is 147 Å². The first-order valence-corrected chi connectivity index (χ1v) is 19.8.